The number of hydrogen-bond donors (Lipinski definition) is 1. The van der Waals surface area contributed by atoms with Gasteiger partial charge in [-0.05, 0) is 30.5 Å². The van der Waals surface area contributed by atoms with Crippen LogP contribution in [-0.4, -0.2) is 12.2 Å². The molecule has 0 spiro atoms. The van der Waals surface area contributed by atoms with Gasteiger partial charge < -0.3 is 5.32 Å². The SMILES string of the molecule is CSc1ccccc1NC(=O)c1cc(F)c(F)c(F)c1. The van der Waals surface area contributed by atoms with Gasteiger partial charge in [-0.25, -0.2) is 13.2 Å². The number of amides is 1. The molecule has 0 aliphatic rings. The third-order valence-electron chi connectivity index (χ3n) is 2.60. The van der Waals surface area contributed by atoms with Gasteiger partial charge in [0.05, 0.1) is 5.69 Å². The number of hydrogen-bond acceptors (Lipinski definition) is 2. The molecule has 0 radical (unpaired) electrons. The minimum atomic E-state index is -1.59. The molecule has 0 unspecified atom stereocenters. The van der Waals surface area contributed by atoms with E-state index in [2.05, 4.69) is 5.32 Å². The van der Waals surface area contributed by atoms with Crippen LogP contribution in [0, 0.1) is 17.5 Å². The van der Waals surface area contributed by atoms with Crippen LogP contribution in [0.1, 0.15) is 10.4 Å². The van der Waals surface area contributed by atoms with Gasteiger partial charge in [-0.15, -0.1) is 11.8 Å². The Balaban J connectivity index is 2.29. The van der Waals surface area contributed by atoms with Crippen molar-refractivity contribution in [3.63, 3.8) is 0 Å². The lowest BCUT2D eigenvalue weighted by Crippen LogP contribution is -2.13. The minimum Gasteiger partial charge on any atom is -0.321 e. The van der Waals surface area contributed by atoms with Gasteiger partial charge in [0.2, 0.25) is 0 Å². The number of rotatable bonds is 3. The van der Waals surface area contributed by atoms with Gasteiger partial charge in [-0.2, -0.15) is 0 Å². The molecule has 0 heterocycles. The third kappa shape index (κ3) is 2.96. The van der Waals surface area contributed by atoms with Gasteiger partial charge in [0.15, 0.2) is 17.5 Å². The number of anilines is 1. The van der Waals surface area contributed by atoms with Crippen molar-refractivity contribution in [2.24, 2.45) is 0 Å². The summed E-state index contributed by atoms with van der Waals surface area (Å²) in [6.07, 6.45) is 1.84. The van der Waals surface area contributed by atoms with Crippen molar-refractivity contribution in [2.45, 2.75) is 4.90 Å². The van der Waals surface area contributed by atoms with Crippen LogP contribution >= 0.6 is 11.8 Å². The summed E-state index contributed by atoms with van der Waals surface area (Å²) in [5, 5.41) is 2.54. The van der Waals surface area contributed by atoms with Crippen molar-refractivity contribution in [2.75, 3.05) is 11.6 Å². The van der Waals surface area contributed by atoms with E-state index in [1.807, 2.05) is 6.26 Å². The number of carbonyl (C=O) groups is 1. The summed E-state index contributed by atoms with van der Waals surface area (Å²) in [6, 6.07) is 8.32. The molecule has 2 aromatic carbocycles. The molecule has 1 N–H and O–H groups in total. The van der Waals surface area contributed by atoms with E-state index in [1.54, 1.807) is 24.3 Å². The number of benzene rings is 2. The lowest BCUT2D eigenvalue weighted by molar-refractivity contribution is 0.102. The fourth-order valence-corrected chi connectivity index (χ4v) is 2.18. The van der Waals surface area contributed by atoms with Crippen molar-refractivity contribution >= 4 is 23.4 Å². The Kier molecular flexibility index (Phi) is 4.34. The van der Waals surface area contributed by atoms with E-state index in [4.69, 9.17) is 0 Å². The minimum absolute atomic E-state index is 0.280. The summed E-state index contributed by atoms with van der Waals surface area (Å²) in [5.74, 6) is -5.09. The molecule has 0 aromatic heterocycles. The van der Waals surface area contributed by atoms with Crippen LogP contribution < -0.4 is 5.32 Å². The van der Waals surface area contributed by atoms with Gasteiger partial charge in [0.25, 0.3) is 5.91 Å². The molecule has 20 heavy (non-hydrogen) atoms. The zero-order valence-corrected chi connectivity index (χ0v) is 11.2. The van der Waals surface area contributed by atoms with E-state index < -0.39 is 23.4 Å². The van der Waals surface area contributed by atoms with Gasteiger partial charge >= 0.3 is 0 Å². The second kappa shape index (κ2) is 6.00. The smallest absolute Gasteiger partial charge is 0.255 e. The van der Waals surface area contributed by atoms with Gasteiger partial charge in [0.1, 0.15) is 0 Å². The van der Waals surface area contributed by atoms with Crippen molar-refractivity contribution in [1.29, 1.82) is 0 Å². The molecule has 0 saturated carbocycles. The van der Waals surface area contributed by atoms with Gasteiger partial charge in [-0.1, -0.05) is 12.1 Å². The first kappa shape index (κ1) is 14.5. The van der Waals surface area contributed by atoms with Crippen molar-refractivity contribution in [3.8, 4) is 0 Å². The lowest BCUT2D eigenvalue weighted by Gasteiger charge is -2.09. The highest BCUT2D eigenvalue weighted by molar-refractivity contribution is 7.98. The van der Waals surface area contributed by atoms with E-state index in [9.17, 15) is 18.0 Å². The zero-order chi connectivity index (χ0) is 14.7. The van der Waals surface area contributed by atoms with Crippen LogP contribution in [0.4, 0.5) is 18.9 Å². The average Bonchev–Trinajstić information content (AvgIpc) is 2.44. The van der Waals surface area contributed by atoms with Crippen LogP contribution in [0.15, 0.2) is 41.3 Å². The fourth-order valence-electron chi connectivity index (χ4n) is 1.63. The Bertz CT molecular complexity index is 638. The lowest BCUT2D eigenvalue weighted by atomic mass is 10.2. The molecule has 0 bridgehead atoms. The third-order valence-corrected chi connectivity index (χ3v) is 3.40. The van der Waals surface area contributed by atoms with Crippen LogP contribution in [0.2, 0.25) is 0 Å². The summed E-state index contributed by atoms with van der Waals surface area (Å²) in [6.45, 7) is 0. The molecule has 2 rings (SSSR count). The average molecular weight is 297 g/mol. The molecule has 1 amide bonds. The normalized spacial score (nSPS) is 10.4. The maximum absolute atomic E-state index is 13.1. The molecular formula is C14H10F3NOS. The molecule has 2 aromatic rings. The van der Waals surface area contributed by atoms with E-state index in [0.29, 0.717) is 17.8 Å². The molecular weight excluding hydrogens is 287 g/mol. The van der Waals surface area contributed by atoms with Gasteiger partial charge in [-0.3, -0.25) is 4.79 Å². The number of halogens is 3. The fraction of sp³-hybridized carbons (Fsp3) is 0.0714. The molecule has 0 atom stereocenters. The predicted molar refractivity (Wildman–Crippen MR) is 72.5 cm³/mol. The first-order chi connectivity index (χ1) is 9.52. The van der Waals surface area contributed by atoms with E-state index in [1.165, 1.54) is 11.8 Å². The zero-order valence-electron chi connectivity index (χ0n) is 10.4. The molecule has 0 aliphatic heterocycles. The molecule has 104 valence electrons. The van der Waals surface area contributed by atoms with Crippen LogP contribution in [-0.2, 0) is 0 Å². The Morgan fingerprint density at radius 1 is 1.10 bits per heavy atom. The maximum atomic E-state index is 13.1. The summed E-state index contributed by atoms with van der Waals surface area (Å²) in [7, 11) is 0. The molecule has 0 aliphatic carbocycles. The maximum Gasteiger partial charge on any atom is 0.255 e. The van der Waals surface area contributed by atoms with E-state index in [0.717, 1.165) is 4.90 Å². The van der Waals surface area contributed by atoms with Crippen molar-refractivity contribution in [3.05, 3.63) is 59.4 Å². The number of thioether (sulfide) groups is 1. The topological polar surface area (TPSA) is 29.1 Å². The summed E-state index contributed by atoms with van der Waals surface area (Å²) < 4.78 is 39.0. The highest BCUT2D eigenvalue weighted by Crippen LogP contribution is 2.25. The number of para-hydroxylation sites is 1. The number of carbonyl (C=O) groups excluding carboxylic acids is 1. The van der Waals surface area contributed by atoms with Gasteiger partial charge in [0, 0.05) is 10.5 Å². The Labute approximate surface area is 118 Å². The molecule has 2 nitrogen and oxygen atoms in total. The van der Waals surface area contributed by atoms with Crippen LogP contribution in [0.3, 0.4) is 0 Å². The van der Waals surface area contributed by atoms with E-state index in [-0.39, 0.29) is 5.56 Å². The largest absolute Gasteiger partial charge is 0.321 e. The molecule has 0 saturated heterocycles. The predicted octanol–water partition coefficient (Wildman–Crippen LogP) is 4.08. The summed E-state index contributed by atoms with van der Waals surface area (Å²) in [4.78, 5) is 12.7. The Morgan fingerprint density at radius 3 is 2.30 bits per heavy atom. The first-order valence-corrected chi connectivity index (χ1v) is 6.84. The summed E-state index contributed by atoms with van der Waals surface area (Å²) >= 11 is 1.42. The van der Waals surface area contributed by atoms with Crippen LogP contribution in [0.25, 0.3) is 0 Å². The quantitative estimate of drug-likeness (QED) is 0.683. The highest BCUT2D eigenvalue weighted by atomic mass is 32.2. The highest BCUT2D eigenvalue weighted by Gasteiger charge is 2.15. The second-order valence-corrected chi connectivity index (χ2v) is 4.76. The monoisotopic (exact) mass is 297 g/mol. The van der Waals surface area contributed by atoms with E-state index >= 15 is 0 Å². The van der Waals surface area contributed by atoms with Crippen LogP contribution in [0.5, 0.6) is 0 Å². The molecule has 6 heteroatoms. The number of nitrogens with one attached hydrogen (secondary N) is 1. The standard InChI is InChI=1S/C14H10F3NOS/c1-20-12-5-3-2-4-11(12)18-14(19)8-6-9(15)13(17)10(16)7-8/h2-7H,1H3,(H,18,19). The summed E-state index contributed by atoms with van der Waals surface area (Å²) in [5.41, 5.74) is 0.243. The first-order valence-electron chi connectivity index (χ1n) is 5.62. The van der Waals surface area contributed by atoms with Crippen molar-refractivity contribution < 1.29 is 18.0 Å². The molecule has 0 fully saturated rings. The Morgan fingerprint density at radius 2 is 1.70 bits per heavy atom. The Hall–Kier alpha value is -1.95. The van der Waals surface area contributed by atoms with Crippen molar-refractivity contribution in [1.82, 2.24) is 0 Å². The second-order valence-electron chi connectivity index (χ2n) is 3.91.